The highest BCUT2D eigenvalue weighted by atomic mass is 16.5. The monoisotopic (exact) mass is 224 g/mol. The molecule has 0 aliphatic carbocycles. The van der Waals surface area contributed by atoms with Crippen LogP contribution in [0.4, 0.5) is 0 Å². The lowest BCUT2D eigenvalue weighted by Crippen LogP contribution is -2.28. The molecule has 4 nitrogen and oxygen atoms in total. The fraction of sp³-hybridized carbons (Fsp3) is 0.500. The Balaban J connectivity index is 2.12. The Morgan fingerprint density at radius 2 is 1.75 bits per heavy atom. The lowest BCUT2D eigenvalue weighted by Gasteiger charge is -2.06. The Labute approximate surface area is 96.6 Å². The Bertz CT molecular complexity index is 275. The van der Waals surface area contributed by atoms with Crippen LogP contribution in [0.2, 0.25) is 0 Å². The van der Waals surface area contributed by atoms with E-state index >= 15 is 0 Å². The van der Waals surface area contributed by atoms with Gasteiger partial charge in [0.25, 0.3) is 0 Å². The van der Waals surface area contributed by atoms with E-state index in [0.29, 0.717) is 6.54 Å². The van der Waals surface area contributed by atoms with Crippen LogP contribution in [0.25, 0.3) is 0 Å². The van der Waals surface area contributed by atoms with E-state index in [-0.39, 0.29) is 6.61 Å². The maximum Gasteiger partial charge on any atom is 0.118 e. The fourth-order valence-corrected chi connectivity index (χ4v) is 1.36. The number of aliphatic hydroxyl groups excluding tert-OH is 1. The largest absolute Gasteiger partial charge is 0.497 e. The van der Waals surface area contributed by atoms with Gasteiger partial charge >= 0.3 is 0 Å². The smallest absolute Gasteiger partial charge is 0.118 e. The summed E-state index contributed by atoms with van der Waals surface area (Å²) >= 11 is 0. The molecule has 4 heteroatoms. The molecule has 90 valence electrons. The average molecular weight is 224 g/mol. The lowest BCUT2D eigenvalue weighted by molar-refractivity contribution is 0.292. The first-order chi connectivity index (χ1) is 7.86. The predicted octanol–water partition coefficient (Wildman–Crippen LogP) is 0.367. The molecule has 0 atom stereocenters. The Kier molecular flexibility index (Phi) is 6.56. The zero-order chi connectivity index (χ0) is 11.6. The maximum absolute atomic E-state index is 8.56. The molecule has 0 spiro atoms. The molecule has 1 rings (SSSR count). The molecule has 0 bridgehead atoms. The van der Waals surface area contributed by atoms with Gasteiger partial charge in [-0.2, -0.15) is 0 Å². The third-order valence-corrected chi connectivity index (χ3v) is 2.26. The summed E-state index contributed by atoms with van der Waals surface area (Å²) in [6.45, 7) is 3.47. The average Bonchev–Trinajstić information content (AvgIpc) is 2.34. The highest BCUT2D eigenvalue weighted by Gasteiger charge is 1.93. The maximum atomic E-state index is 8.56. The molecule has 3 N–H and O–H groups in total. The van der Waals surface area contributed by atoms with Gasteiger partial charge in [0, 0.05) is 26.2 Å². The molecular formula is C12H20N2O2. The van der Waals surface area contributed by atoms with Crippen LogP contribution < -0.4 is 15.4 Å². The van der Waals surface area contributed by atoms with Crippen LogP contribution in [0.5, 0.6) is 5.75 Å². The van der Waals surface area contributed by atoms with Gasteiger partial charge in [-0.1, -0.05) is 12.1 Å². The molecule has 1 aromatic carbocycles. The second-order valence-electron chi connectivity index (χ2n) is 3.50. The van der Waals surface area contributed by atoms with Crippen LogP contribution in [0, 0.1) is 0 Å². The number of benzene rings is 1. The van der Waals surface area contributed by atoms with Crippen molar-refractivity contribution in [1.82, 2.24) is 10.6 Å². The SMILES string of the molecule is COc1ccc(CNCCNCCO)cc1. The molecule has 0 fully saturated rings. The van der Waals surface area contributed by atoms with Crippen LogP contribution >= 0.6 is 0 Å². The summed E-state index contributed by atoms with van der Waals surface area (Å²) in [5.74, 6) is 0.883. The number of rotatable bonds is 8. The van der Waals surface area contributed by atoms with Crippen molar-refractivity contribution < 1.29 is 9.84 Å². The van der Waals surface area contributed by atoms with Crippen LogP contribution in [0.1, 0.15) is 5.56 Å². The van der Waals surface area contributed by atoms with Crippen molar-refractivity contribution in [3.05, 3.63) is 29.8 Å². The van der Waals surface area contributed by atoms with Crippen molar-refractivity contribution in [1.29, 1.82) is 0 Å². The predicted molar refractivity (Wildman–Crippen MR) is 64.7 cm³/mol. The van der Waals surface area contributed by atoms with Crippen molar-refractivity contribution >= 4 is 0 Å². The van der Waals surface area contributed by atoms with Crippen molar-refractivity contribution in [2.45, 2.75) is 6.54 Å². The molecule has 0 saturated heterocycles. The summed E-state index contributed by atoms with van der Waals surface area (Å²) in [5, 5.41) is 15.0. The van der Waals surface area contributed by atoms with Gasteiger partial charge in [0.15, 0.2) is 0 Å². The second kappa shape index (κ2) is 8.10. The number of aliphatic hydroxyl groups is 1. The minimum atomic E-state index is 0.193. The molecule has 16 heavy (non-hydrogen) atoms. The van der Waals surface area contributed by atoms with Crippen molar-refractivity contribution in [3.8, 4) is 5.75 Å². The highest BCUT2D eigenvalue weighted by molar-refractivity contribution is 5.26. The van der Waals surface area contributed by atoms with Gasteiger partial charge in [0.1, 0.15) is 5.75 Å². The lowest BCUT2D eigenvalue weighted by atomic mass is 10.2. The first-order valence-corrected chi connectivity index (χ1v) is 5.52. The molecule has 1 aromatic rings. The zero-order valence-electron chi connectivity index (χ0n) is 9.70. The van der Waals surface area contributed by atoms with Crippen molar-refractivity contribution in [2.24, 2.45) is 0 Å². The quantitative estimate of drug-likeness (QED) is 0.558. The summed E-state index contributed by atoms with van der Waals surface area (Å²) in [5.41, 5.74) is 1.24. The van der Waals surface area contributed by atoms with Crippen molar-refractivity contribution in [2.75, 3.05) is 33.4 Å². The Morgan fingerprint density at radius 3 is 2.38 bits per heavy atom. The number of ether oxygens (including phenoxy) is 1. The molecule has 0 aliphatic heterocycles. The summed E-state index contributed by atoms with van der Waals surface area (Å²) in [6, 6.07) is 8.02. The number of nitrogens with one attached hydrogen (secondary N) is 2. The number of hydrogen-bond acceptors (Lipinski definition) is 4. The van der Waals surface area contributed by atoms with Gasteiger partial charge < -0.3 is 20.5 Å². The van der Waals surface area contributed by atoms with Gasteiger partial charge in [0.05, 0.1) is 13.7 Å². The molecule has 0 aliphatic rings. The van der Waals surface area contributed by atoms with Crippen LogP contribution in [0.15, 0.2) is 24.3 Å². The fourth-order valence-electron chi connectivity index (χ4n) is 1.36. The molecular weight excluding hydrogens is 204 g/mol. The van der Waals surface area contributed by atoms with E-state index in [2.05, 4.69) is 10.6 Å². The van der Waals surface area contributed by atoms with Gasteiger partial charge in [0.2, 0.25) is 0 Å². The van der Waals surface area contributed by atoms with E-state index < -0.39 is 0 Å². The van der Waals surface area contributed by atoms with Gasteiger partial charge in [-0.05, 0) is 17.7 Å². The highest BCUT2D eigenvalue weighted by Crippen LogP contribution is 2.10. The third kappa shape index (κ3) is 5.11. The Morgan fingerprint density at radius 1 is 1.06 bits per heavy atom. The zero-order valence-corrected chi connectivity index (χ0v) is 9.70. The van der Waals surface area contributed by atoms with E-state index in [0.717, 1.165) is 25.4 Å². The van der Waals surface area contributed by atoms with E-state index in [1.165, 1.54) is 5.56 Å². The third-order valence-electron chi connectivity index (χ3n) is 2.26. The standard InChI is InChI=1S/C12H20N2O2/c1-16-12-4-2-11(3-5-12)10-14-7-6-13-8-9-15/h2-5,13-15H,6-10H2,1H3. The first kappa shape index (κ1) is 13.0. The van der Waals surface area contributed by atoms with Gasteiger partial charge in [-0.3, -0.25) is 0 Å². The molecule has 0 saturated carbocycles. The minimum absolute atomic E-state index is 0.193. The normalized spacial score (nSPS) is 10.4. The first-order valence-electron chi connectivity index (χ1n) is 5.52. The second-order valence-corrected chi connectivity index (χ2v) is 3.50. The number of hydrogen-bond donors (Lipinski definition) is 3. The van der Waals surface area contributed by atoms with Crippen LogP contribution in [-0.2, 0) is 6.54 Å². The molecule has 0 amide bonds. The van der Waals surface area contributed by atoms with Gasteiger partial charge in [-0.15, -0.1) is 0 Å². The topological polar surface area (TPSA) is 53.5 Å². The van der Waals surface area contributed by atoms with E-state index in [4.69, 9.17) is 9.84 Å². The van der Waals surface area contributed by atoms with Crippen LogP contribution in [-0.4, -0.2) is 38.5 Å². The van der Waals surface area contributed by atoms with Crippen molar-refractivity contribution in [3.63, 3.8) is 0 Å². The van der Waals surface area contributed by atoms with Gasteiger partial charge in [-0.25, -0.2) is 0 Å². The number of methoxy groups -OCH3 is 1. The Hall–Kier alpha value is -1.10. The van der Waals surface area contributed by atoms with E-state index in [1.807, 2.05) is 24.3 Å². The summed E-state index contributed by atoms with van der Waals surface area (Å²) in [7, 11) is 1.67. The molecule has 0 unspecified atom stereocenters. The van der Waals surface area contributed by atoms with E-state index in [1.54, 1.807) is 7.11 Å². The molecule has 0 aromatic heterocycles. The summed E-state index contributed by atoms with van der Waals surface area (Å²) in [4.78, 5) is 0. The van der Waals surface area contributed by atoms with E-state index in [9.17, 15) is 0 Å². The molecule has 0 heterocycles. The molecule has 0 radical (unpaired) electrons. The summed E-state index contributed by atoms with van der Waals surface area (Å²) < 4.78 is 5.09. The minimum Gasteiger partial charge on any atom is -0.497 e. The van der Waals surface area contributed by atoms with Crippen LogP contribution in [0.3, 0.4) is 0 Å². The summed E-state index contributed by atoms with van der Waals surface area (Å²) in [6.07, 6.45) is 0.